The molecule has 0 amide bonds. The molecule has 0 aliphatic carbocycles. The number of halogens is 5. The van der Waals surface area contributed by atoms with Crippen molar-refractivity contribution in [1.82, 2.24) is 4.98 Å². The number of pyridine rings is 1. The molecule has 106 valence electrons. The molecule has 0 aliphatic heterocycles. The van der Waals surface area contributed by atoms with E-state index in [2.05, 4.69) is 14.5 Å². The largest absolute Gasteiger partial charge is 0.573 e. The molecule has 0 bridgehead atoms. The van der Waals surface area contributed by atoms with Crippen molar-refractivity contribution in [3.05, 3.63) is 21.0 Å². The molecule has 0 aliphatic rings. The molecule has 0 radical (unpaired) electrons. The molecule has 1 rings (SSSR count). The second kappa shape index (κ2) is 6.60. The van der Waals surface area contributed by atoms with Gasteiger partial charge in [-0.2, -0.15) is 0 Å². The number of esters is 1. The summed E-state index contributed by atoms with van der Waals surface area (Å²) in [6.07, 6.45) is -4.08. The first kappa shape index (κ1) is 16.3. The Morgan fingerprint density at radius 1 is 1.53 bits per heavy atom. The van der Waals surface area contributed by atoms with Gasteiger partial charge in [-0.05, 0) is 22.6 Å². The van der Waals surface area contributed by atoms with Gasteiger partial charge < -0.3 is 9.47 Å². The molecule has 0 atom stereocenters. The van der Waals surface area contributed by atoms with Crippen molar-refractivity contribution in [2.24, 2.45) is 0 Å². The average molecular weight is 410 g/mol. The third-order valence-electron chi connectivity index (χ3n) is 2.05. The Balaban J connectivity index is 3.12. The zero-order valence-electron chi connectivity index (χ0n) is 9.55. The first-order chi connectivity index (χ1) is 8.78. The van der Waals surface area contributed by atoms with E-state index in [-0.39, 0.29) is 23.6 Å². The molecule has 19 heavy (non-hydrogen) atoms. The van der Waals surface area contributed by atoms with E-state index in [1.165, 1.54) is 7.11 Å². The highest BCUT2D eigenvalue weighted by molar-refractivity contribution is 14.1. The maximum atomic E-state index is 12.2. The molecule has 0 aromatic carbocycles. The first-order valence-corrected chi connectivity index (χ1v) is 6.44. The average Bonchev–Trinajstić information content (AvgIpc) is 2.31. The highest BCUT2D eigenvalue weighted by Gasteiger charge is 2.33. The van der Waals surface area contributed by atoms with Crippen LogP contribution >= 0.6 is 34.2 Å². The fourth-order valence-corrected chi connectivity index (χ4v) is 2.50. The van der Waals surface area contributed by atoms with Crippen LogP contribution < -0.4 is 4.74 Å². The highest BCUT2D eigenvalue weighted by Crippen LogP contribution is 2.31. The van der Waals surface area contributed by atoms with Gasteiger partial charge in [0.25, 0.3) is 0 Å². The summed E-state index contributed by atoms with van der Waals surface area (Å²) in [7, 11) is 1.21. The van der Waals surface area contributed by atoms with Crippen LogP contribution in [0.4, 0.5) is 13.2 Å². The SMILES string of the molecule is COC(=O)Cc1ncc(OC(F)(F)F)c(CCl)c1I. The molecule has 0 fully saturated rings. The van der Waals surface area contributed by atoms with E-state index in [4.69, 9.17) is 11.6 Å². The molecule has 9 heteroatoms. The van der Waals surface area contributed by atoms with Gasteiger partial charge in [-0.25, -0.2) is 0 Å². The van der Waals surface area contributed by atoms with Gasteiger partial charge in [0.2, 0.25) is 0 Å². The Hall–Kier alpha value is -0.770. The summed E-state index contributed by atoms with van der Waals surface area (Å²) in [6.45, 7) is 0. The summed E-state index contributed by atoms with van der Waals surface area (Å²) in [4.78, 5) is 14.9. The van der Waals surface area contributed by atoms with Gasteiger partial charge in [-0.3, -0.25) is 9.78 Å². The number of carbonyl (C=O) groups is 1. The topological polar surface area (TPSA) is 48.4 Å². The molecule has 1 aromatic heterocycles. The smallest absolute Gasteiger partial charge is 0.469 e. The minimum Gasteiger partial charge on any atom is -0.469 e. The second-order valence-electron chi connectivity index (χ2n) is 3.30. The van der Waals surface area contributed by atoms with Crippen LogP contribution in [0.3, 0.4) is 0 Å². The summed E-state index contributed by atoms with van der Waals surface area (Å²) in [5.74, 6) is -1.21. The molecular formula is C10H8ClF3INO3. The molecule has 1 aromatic rings. The van der Waals surface area contributed by atoms with Crippen molar-refractivity contribution < 1.29 is 27.4 Å². The van der Waals surface area contributed by atoms with E-state index in [1.807, 2.05) is 0 Å². The first-order valence-electron chi connectivity index (χ1n) is 4.83. The molecule has 0 saturated heterocycles. The lowest BCUT2D eigenvalue weighted by Gasteiger charge is -2.14. The molecule has 0 unspecified atom stereocenters. The second-order valence-corrected chi connectivity index (χ2v) is 4.64. The summed E-state index contributed by atoms with van der Waals surface area (Å²) < 4.78 is 45.2. The van der Waals surface area contributed by atoms with Crippen LogP contribution in [0.25, 0.3) is 0 Å². The fourth-order valence-electron chi connectivity index (χ4n) is 1.22. The van der Waals surface area contributed by atoms with Gasteiger partial charge in [0.1, 0.15) is 0 Å². The molecule has 0 N–H and O–H groups in total. The lowest BCUT2D eigenvalue weighted by atomic mass is 10.2. The standard InChI is InChI=1S/C10H8ClF3INO3/c1-18-8(17)2-6-9(15)5(3-11)7(4-16-6)19-10(12,13)14/h4H,2-3H2,1H3. The summed E-state index contributed by atoms with van der Waals surface area (Å²) >= 11 is 7.38. The van der Waals surface area contributed by atoms with Crippen LogP contribution in [0.2, 0.25) is 0 Å². The quantitative estimate of drug-likeness (QED) is 0.436. The third kappa shape index (κ3) is 4.68. The number of nitrogens with zero attached hydrogens (tertiary/aromatic N) is 1. The van der Waals surface area contributed by atoms with Gasteiger partial charge in [-0.1, -0.05) is 0 Å². The lowest BCUT2D eigenvalue weighted by Crippen LogP contribution is -2.19. The van der Waals surface area contributed by atoms with Crippen LogP contribution in [-0.4, -0.2) is 24.4 Å². The number of carbonyl (C=O) groups excluding carboxylic acids is 1. The van der Waals surface area contributed by atoms with Crippen LogP contribution in [0.5, 0.6) is 5.75 Å². The normalized spacial score (nSPS) is 11.3. The maximum Gasteiger partial charge on any atom is 0.573 e. The number of ether oxygens (including phenoxy) is 2. The number of rotatable bonds is 4. The van der Waals surface area contributed by atoms with Crippen molar-refractivity contribution >= 4 is 40.2 Å². The van der Waals surface area contributed by atoms with Crippen molar-refractivity contribution in [1.29, 1.82) is 0 Å². The molecule has 0 saturated carbocycles. The molecular weight excluding hydrogens is 401 g/mol. The monoisotopic (exact) mass is 409 g/mol. The fraction of sp³-hybridized carbons (Fsp3) is 0.400. The van der Waals surface area contributed by atoms with Crippen LogP contribution in [0.15, 0.2) is 6.20 Å². The van der Waals surface area contributed by atoms with Gasteiger partial charge in [-0.15, -0.1) is 24.8 Å². The van der Waals surface area contributed by atoms with E-state index < -0.39 is 18.1 Å². The molecule has 1 heterocycles. The van der Waals surface area contributed by atoms with E-state index in [9.17, 15) is 18.0 Å². The molecule has 4 nitrogen and oxygen atoms in total. The van der Waals surface area contributed by atoms with Crippen molar-refractivity contribution in [2.45, 2.75) is 18.7 Å². The number of hydrogen-bond donors (Lipinski definition) is 0. The molecule has 0 spiro atoms. The summed E-state index contributed by atoms with van der Waals surface area (Å²) in [5, 5.41) is 0. The lowest BCUT2D eigenvalue weighted by molar-refractivity contribution is -0.275. The van der Waals surface area contributed by atoms with Crippen LogP contribution in [0.1, 0.15) is 11.3 Å². The van der Waals surface area contributed by atoms with Crippen LogP contribution in [0, 0.1) is 3.57 Å². The van der Waals surface area contributed by atoms with Crippen LogP contribution in [-0.2, 0) is 21.8 Å². The van der Waals surface area contributed by atoms with Gasteiger partial charge in [0, 0.05) is 9.13 Å². The highest BCUT2D eigenvalue weighted by atomic mass is 127. The van der Waals surface area contributed by atoms with Gasteiger partial charge >= 0.3 is 12.3 Å². The Bertz CT molecular complexity index is 482. The van der Waals surface area contributed by atoms with Crippen molar-refractivity contribution in [3.8, 4) is 5.75 Å². The van der Waals surface area contributed by atoms with E-state index >= 15 is 0 Å². The van der Waals surface area contributed by atoms with Crippen molar-refractivity contribution in [3.63, 3.8) is 0 Å². The number of hydrogen-bond acceptors (Lipinski definition) is 4. The van der Waals surface area contributed by atoms with Crippen molar-refractivity contribution in [2.75, 3.05) is 7.11 Å². The number of alkyl halides is 4. The number of aromatic nitrogens is 1. The Morgan fingerprint density at radius 3 is 2.63 bits per heavy atom. The minimum absolute atomic E-state index is 0.133. The van der Waals surface area contributed by atoms with E-state index in [1.54, 1.807) is 22.6 Å². The number of methoxy groups -OCH3 is 1. The van der Waals surface area contributed by atoms with Gasteiger partial charge in [0.05, 0.1) is 31.3 Å². The Kier molecular flexibility index (Phi) is 5.65. The zero-order chi connectivity index (χ0) is 14.6. The van der Waals surface area contributed by atoms with E-state index in [0.717, 1.165) is 6.20 Å². The third-order valence-corrected chi connectivity index (χ3v) is 3.59. The maximum absolute atomic E-state index is 12.2. The van der Waals surface area contributed by atoms with E-state index in [0.29, 0.717) is 3.57 Å². The zero-order valence-corrected chi connectivity index (χ0v) is 12.5. The minimum atomic E-state index is -4.82. The Morgan fingerprint density at radius 2 is 2.16 bits per heavy atom. The summed E-state index contributed by atoms with van der Waals surface area (Å²) in [6, 6.07) is 0. The Labute approximate surface area is 125 Å². The predicted octanol–water partition coefficient (Wildman–Crippen LogP) is 3.04. The predicted molar refractivity (Wildman–Crippen MR) is 68.9 cm³/mol. The van der Waals surface area contributed by atoms with Gasteiger partial charge in [0.15, 0.2) is 5.75 Å². The summed E-state index contributed by atoms with van der Waals surface area (Å²) in [5.41, 5.74) is 0.422.